The average Bonchev–Trinajstić information content (AvgIpc) is 2.90. The van der Waals surface area contributed by atoms with Gasteiger partial charge in [-0.25, -0.2) is 0 Å². The van der Waals surface area contributed by atoms with Crippen LogP contribution in [-0.2, 0) is 11.0 Å². The molecule has 1 aliphatic rings. The monoisotopic (exact) mass is 545 g/mol. The van der Waals surface area contributed by atoms with Gasteiger partial charge in [0.25, 0.3) is 5.91 Å². The molecule has 0 spiro atoms. The van der Waals surface area contributed by atoms with Crippen molar-refractivity contribution in [1.29, 1.82) is 5.41 Å². The molecule has 0 aromatic heterocycles. The maximum Gasteiger partial charge on any atom is 0.417 e. The van der Waals surface area contributed by atoms with Crippen LogP contribution in [-0.4, -0.2) is 43.4 Å². The Bertz CT molecular complexity index is 1280. The fourth-order valence-corrected chi connectivity index (χ4v) is 4.17. The normalized spacial score (nSPS) is 15.0. The number of halogens is 4. The summed E-state index contributed by atoms with van der Waals surface area (Å²) < 4.78 is 39.6. The standard InChI is InChI=1S/C27H27ClF3N5O2/c1-3-33-17(2)26(38)35-24-10-8-20(36-11-5-4-6-12-36)14-21(24)25(37)18(15-32)16-34-19-7-9-23(28)22(13-19)27(29,30)31/h3,7-10,13-16,18,32H,2,4-6,11-12H2,1H3,(H,35,38). The summed E-state index contributed by atoms with van der Waals surface area (Å²) in [6.07, 6.45) is 1.80. The van der Waals surface area contributed by atoms with Crippen LogP contribution < -0.4 is 10.2 Å². The molecule has 0 aliphatic carbocycles. The Morgan fingerprint density at radius 1 is 1.16 bits per heavy atom. The summed E-state index contributed by atoms with van der Waals surface area (Å²) >= 11 is 5.67. The maximum absolute atomic E-state index is 13.5. The third kappa shape index (κ3) is 7.16. The highest BCUT2D eigenvalue weighted by Crippen LogP contribution is 2.37. The van der Waals surface area contributed by atoms with Crippen LogP contribution in [0.15, 0.2) is 58.7 Å². The summed E-state index contributed by atoms with van der Waals surface area (Å²) in [7, 11) is 0. The molecule has 1 amide bonds. The lowest BCUT2D eigenvalue weighted by Gasteiger charge is -2.29. The summed E-state index contributed by atoms with van der Waals surface area (Å²) in [6.45, 7) is 6.86. The van der Waals surface area contributed by atoms with E-state index in [2.05, 4.69) is 26.8 Å². The molecular formula is C27H27ClF3N5O2. The fraction of sp³-hybridized carbons (Fsp3) is 0.296. The van der Waals surface area contributed by atoms with Gasteiger partial charge in [0.15, 0.2) is 5.78 Å². The first kappa shape index (κ1) is 28.8. The second-order valence-electron chi connectivity index (χ2n) is 8.56. The van der Waals surface area contributed by atoms with Crippen LogP contribution in [0.4, 0.5) is 30.2 Å². The van der Waals surface area contributed by atoms with E-state index < -0.39 is 34.4 Å². The van der Waals surface area contributed by atoms with Gasteiger partial charge in [-0.15, -0.1) is 0 Å². The van der Waals surface area contributed by atoms with Crippen molar-refractivity contribution in [1.82, 2.24) is 0 Å². The zero-order valence-corrected chi connectivity index (χ0v) is 21.4. The molecule has 200 valence electrons. The predicted molar refractivity (Wildman–Crippen MR) is 146 cm³/mol. The number of anilines is 2. The minimum absolute atomic E-state index is 0.0561. The van der Waals surface area contributed by atoms with Crippen molar-refractivity contribution >= 4 is 59.0 Å². The first-order chi connectivity index (χ1) is 18.0. The number of hydrogen-bond donors (Lipinski definition) is 2. The Hall–Kier alpha value is -3.79. The molecule has 7 nitrogen and oxygen atoms in total. The van der Waals surface area contributed by atoms with Crippen molar-refractivity contribution in [3.63, 3.8) is 0 Å². The van der Waals surface area contributed by atoms with Crippen LogP contribution in [0.5, 0.6) is 0 Å². The molecule has 2 N–H and O–H groups in total. The number of piperidine rings is 1. The third-order valence-corrected chi connectivity index (χ3v) is 6.24. The Morgan fingerprint density at radius 2 is 1.87 bits per heavy atom. The van der Waals surface area contributed by atoms with E-state index in [4.69, 9.17) is 17.0 Å². The van der Waals surface area contributed by atoms with Gasteiger partial charge in [-0.3, -0.25) is 19.6 Å². The van der Waals surface area contributed by atoms with E-state index in [0.717, 1.165) is 62.6 Å². The highest BCUT2D eigenvalue weighted by molar-refractivity contribution is 6.31. The minimum Gasteiger partial charge on any atom is -0.372 e. The van der Waals surface area contributed by atoms with Gasteiger partial charge in [0.05, 0.1) is 27.9 Å². The number of hydrogen-bond acceptors (Lipinski definition) is 6. The number of carbonyl (C=O) groups excluding carboxylic acids is 2. The van der Waals surface area contributed by atoms with Crippen molar-refractivity contribution in [3.05, 3.63) is 64.8 Å². The number of Topliss-reactive ketones (excluding diaryl/α,β-unsaturated/α-hetero) is 1. The number of amides is 1. The van der Waals surface area contributed by atoms with Crippen molar-refractivity contribution in [2.45, 2.75) is 32.4 Å². The highest BCUT2D eigenvalue weighted by Gasteiger charge is 2.33. The molecule has 1 heterocycles. The van der Waals surface area contributed by atoms with Crippen LogP contribution in [0.25, 0.3) is 0 Å². The van der Waals surface area contributed by atoms with Crippen LogP contribution >= 0.6 is 11.6 Å². The Labute approximate surface area is 223 Å². The number of carbonyl (C=O) groups is 2. The number of benzene rings is 2. The number of nitrogens with one attached hydrogen (secondary N) is 2. The molecule has 1 aliphatic heterocycles. The molecule has 2 aromatic carbocycles. The molecule has 3 rings (SSSR count). The van der Waals surface area contributed by atoms with Crippen molar-refractivity contribution in [2.24, 2.45) is 15.9 Å². The summed E-state index contributed by atoms with van der Waals surface area (Å²) in [5.74, 6) is -2.37. The van der Waals surface area contributed by atoms with Gasteiger partial charge in [0.1, 0.15) is 5.70 Å². The maximum atomic E-state index is 13.5. The zero-order valence-electron chi connectivity index (χ0n) is 20.7. The summed E-state index contributed by atoms with van der Waals surface area (Å²) in [4.78, 5) is 36.1. The predicted octanol–water partition coefficient (Wildman–Crippen LogP) is 6.74. The van der Waals surface area contributed by atoms with Crippen LogP contribution in [0.1, 0.15) is 42.1 Å². The third-order valence-electron chi connectivity index (χ3n) is 5.91. The minimum atomic E-state index is -4.67. The number of nitrogens with zero attached hydrogens (tertiary/aromatic N) is 3. The molecule has 2 aromatic rings. The SMILES string of the molecule is C=C(N=CC)C(=O)Nc1ccc(N2CCCCC2)cc1C(=O)C(C=N)C=Nc1ccc(Cl)c(C(F)(F)F)c1. The van der Waals surface area contributed by atoms with Crippen molar-refractivity contribution in [2.75, 3.05) is 23.3 Å². The molecule has 38 heavy (non-hydrogen) atoms. The molecule has 0 radical (unpaired) electrons. The first-order valence-electron chi connectivity index (χ1n) is 11.9. The molecular weight excluding hydrogens is 519 g/mol. The number of ketones is 1. The number of alkyl halides is 3. The van der Waals surface area contributed by atoms with Gasteiger partial charge in [0, 0.05) is 43.0 Å². The molecule has 1 fully saturated rings. The smallest absolute Gasteiger partial charge is 0.372 e. The Balaban J connectivity index is 1.96. The van der Waals surface area contributed by atoms with Gasteiger partial charge in [-0.2, -0.15) is 13.2 Å². The van der Waals surface area contributed by atoms with Gasteiger partial charge >= 0.3 is 6.18 Å². The van der Waals surface area contributed by atoms with Gasteiger partial charge in [-0.05, 0) is 62.6 Å². The first-order valence-corrected chi connectivity index (χ1v) is 12.3. The fourth-order valence-electron chi connectivity index (χ4n) is 3.95. The Kier molecular flexibility index (Phi) is 9.57. The lowest BCUT2D eigenvalue weighted by atomic mass is 9.96. The van der Waals surface area contributed by atoms with Crippen molar-refractivity contribution < 1.29 is 22.8 Å². The molecule has 0 bridgehead atoms. The van der Waals surface area contributed by atoms with E-state index in [1.54, 1.807) is 25.1 Å². The van der Waals surface area contributed by atoms with E-state index in [9.17, 15) is 22.8 Å². The second-order valence-corrected chi connectivity index (χ2v) is 8.97. The molecule has 1 atom stereocenters. The lowest BCUT2D eigenvalue weighted by molar-refractivity contribution is -0.137. The highest BCUT2D eigenvalue weighted by atomic mass is 35.5. The topological polar surface area (TPSA) is 98.0 Å². The number of rotatable bonds is 9. The van der Waals surface area contributed by atoms with Gasteiger partial charge in [-0.1, -0.05) is 18.2 Å². The molecule has 0 saturated carbocycles. The van der Waals surface area contributed by atoms with Gasteiger partial charge < -0.3 is 15.6 Å². The van der Waals surface area contributed by atoms with E-state index in [0.29, 0.717) is 0 Å². The lowest BCUT2D eigenvalue weighted by Crippen LogP contribution is -2.30. The van der Waals surface area contributed by atoms with E-state index in [1.807, 2.05) is 0 Å². The average molecular weight is 546 g/mol. The van der Waals surface area contributed by atoms with Crippen LogP contribution in [0, 0.1) is 11.3 Å². The summed E-state index contributed by atoms with van der Waals surface area (Å²) in [5.41, 5.74) is -0.0866. The molecule has 11 heteroatoms. The molecule has 1 saturated heterocycles. The quantitative estimate of drug-likeness (QED) is 0.207. The summed E-state index contributed by atoms with van der Waals surface area (Å²) in [6, 6.07) is 8.16. The molecule has 1 unspecified atom stereocenters. The van der Waals surface area contributed by atoms with E-state index in [-0.39, 0.29) is 22.6 Å². The number of aliphatic imine (C=N–C) groups is 2. The van der Waals surface area contributed by atoms with Gasteiger partial charge in [0.2, 0.25) is 0 Å². The second kappa shape index (κ2) is 12.6. The summed E-state index contributed by atoms with van der Waals surface area (Å²) in [5, 5.41) is 9.96. The zero-order chi connectivity index (χ0) is 27.9. The van der Waals surface area contributed by atoms with E-state index in [1.165, 1.54) is 12.3 Å². The van der Waals surface area contributed by atoms with Crippen LogP contribution in [0.2, 0.25) is 5.02 Å². The van der Waals surface area contributed by atoms with Crippen molar-refractivity contribution in [3.8, 4) is 0 Å². The largest absolute Gasteiger partial charge is 0.417 e. The van der Waals surface area contributed by atoms with E-state index >= 15 is 0 Å². The Morgan fingerprint density at radius 3 is 2.50 bits per heavy atom. The van der Waals surface area contributed by atoms with Crippen LogP contribution in [0.3, 0.4) is 0 Å².